The van der Waals surface area contributed by atoms with Gasteiger partial charge < -0.3 is 20.5 Å². The number of hydrogen-bond donors (Lipinski definition) is 3. The Labute approximate surface area is 203 Å². The number of aliphatic carboxylic acids is 1. The molecule has 0 saturated carbocycles. The van der Waals surface area contributed by atoms with Crippen molar-refractivity contribution >= 4 is 23.7 Å². The molecule has 0 unspecified atom stereocenters. The molecule has 2 amide bonds. The van der Waals surface area contributed by atoms with Crippen LogP contribution in [0.1, 0.15) is 29.5 Å². The van der Waals surface area contributed by atoms with E-state index in [0.29, 0.717) is 16.8 Å². The van der Waals surface area contributed by atoms with Gasteiger partial charge in [0.2, 0.25) is 0 Å². The summed E-state index contributed by atoms with van der Waals surface area (Å²) in [7, 11) is 0. The van der Waals surface area contributed by atoms with E-state index in [1.165, 1.54) is 0 Å². The first kappa shape index (κ1) is 23.8. The van der Waals surface area contributed by atoms with Crippen LogP contribution in [0.15, 0.2) is 84.4 Å². The fraction of sp³-hybridized carbons (Fsp3) is 0.179. The van der Waals surface area contributed by atoms with Crippen LogP contribution in [0.25, 0.3) is 11.1 Å². The summed E-state index contributed by atoms with van der Waals surface area (Å²) in [5.41, 5.74) is 5.93. The molecule has 7 nitrogen and oxygen atoms in total. The van der Waals surface area contributed by atoms with Crippen molar-refractivity contribution in [1.29, 1.82) is 0 Å². The van der Waals surface area contributed by atoms with Gasteiger partial charge in [0.1, 0.15) is 6.61 Å². The maximum absolute atomic E-state index is 12.5. The van der Waals surface area contributed by atoms with E-state index in [0.717, 1.165) is 22.3 Å². The lowest BCUT2D eigenvalue weighted by Crippen LogP contribution is -2.26. The van der Waals surface area contributed by atoms with Crippen LogP contribution in [0.4, 0.5) is 10.5 Å². The summed E-state index contributed by atoms with van der Waals surface area (Å²) in [5.74, 6) is -1.38. The topological polar surface area (TPSA) is 105 Å². The van der Waals surface area contributed by atoms with Gasteiger partial charge in [-0.05, 0) is 40.8 Å². The van der Waals surface area contributed by atoms with Crippen LogP contribution >= 0.6 is 0 Å². The summed E-state index contributed by atoms with van der Waals surface area (Å²) in [5, 5.41) is 14.4. The third kappa shape index (κ3) is 5.58. The number of amides is 2. The molecule has 35 heavy (non-hydrogen) atoms. The second-order valence-corrected chi connectivity index (χ2v) is 8.28. The lowest BCUT2D eigenvalue weighted by Gasteiger charge is -2.14. The molecule has 178 valence electrons. The molecule has 0 radical (unpaired) electrons. The quantitative estimate of drug-likeness (QED) is 0.413. The average Bonchev–Trinajstić information content (AvgIpc) is 3.17. The zero-order chi connectivity index (χ0) is 24.8. The second-order valence-electron chi connectivity index (χ2n) is 8.28. The molecule has 1 aliphatic rings. The average molecular weight is 471 g/mol. The van der Waals surface area contributed by atoms with Crippen LogP contribution in [-0.2, 0) is 20.7 Å². The van der Waals surface area contributed by atoms with Crippen LogP contribution in [0.2, 0.25) is 0 Å². The van der Waals surface area contributed by atoms with Gasteiger partial charge >= 0.3 is 12.1 Å². The maximum Gasteiger partial charge on any atom is 0.407 e. The predicted molar refractivity (Wildman–Crippen MR) is 133 cm³/mol. The van der Waals surface area contributed by atoms with Gasteiger partial charge in [-0.15, -0.1) is 0 Å². The van der Waals surface area contributed by atoms with E-state index in [-0.39, 0.29) is 31.4 Å². The minimum atomic E-state index is -0.980. The third-order valence-corrected chi connectivity index (χ3v) is 5.96. The largest absolute Gasteiger partial charge is 0.481 e. The highest BCUT2D eigenvalue weighted by molar-refractivity contribution is 6.04. The van der Waals surface area contributed by atoms with Crippen molar-refractivity contribution in [1.82, 2.24) is 5.32 Å². The van der Waals surface area contributed by atoms with Gasteiger partial charge in [-0.25, -0.2) is 4.79 Å². The smallest absolute Gasteiger partial charge is 0.407 e. The maximum atomic E-state index is 12.5. The molecule has 7 heteroatoms. The fourth-order valence-corrected chi connectivity index (χ4v) is 4.21. The molecular formula is C28H26N2O5. The summed E-state index contributed by atoms with van der Waals surface area (Å²) in [6.07, 6.45) is 0.821. The first-order valence-electron chi connectivity index (χ1n) is 11.3. The number of carboxylic acids is 1. The first-order chi connectivity index (χ1) is 16.9. The summed E-state index contributed by atoms with van der Waals surface area (Å²) < 4.78 is 5.49. The molecular weight excluding hydrogens is 444 g/mol. The molecule has 4 rings (SSSR count). The molecule has 3 aromatic rings. The molecule has 0 fully saturated rings. The molecule has 0 aromatic heterocycles. The van der Waals surface area contributed by atoms with Crippen LogP contribution in [0.3, 0.4) is 0 Å². The number of rotatable bonds is 8. The first-order valence-corrected chi connectivity index (χ1v) is 11.3. The normalized spacial score (nSPS) is 12.4. The highest BCUT2D eigenvalue weighted by Gasteiger charge is 2.28. The molecule has 0 aliphatic heterocycles. The number of fused-ring (bicyclic) bond motifs is 3. The Morgan fingerprint density at radius 1 is 0.914 bits per heavy atom. The van der Waals surface area contributed by atoms with Crippen molar-refractivity contribution < 1.29 is 24.2 Å². The minimum Gasteiger partial charge on any atom is -0.481 e. The van der Waals surface area contributed by atoms with Gasteiger partial charge in [0.15, 0.2) is 0 Å². The standard InChI is InChI=1S/C28H26N2O5/c1-18(27(33)30-25-13-7-2-8-19(25)16-26(31)32)14-15-29-28(34)35-17-24-22-11-5-3-9-20(22)21-10-4-6-12-23(21)24/h2-14,24H,15-17H2,1H3,(H,29,34)(H,30,33)(H,31,32)/b18-14+. The van der Waals surface area contributed by atoms with Crippen molar-refractivity contribution in [2.24, 2.45) is 0 Å². The fourth-order valence-electron chi connectivity index (χ4n) is 4.21. The van der Waals surface area contributed by atoms with Crippen LogP contribution < -0.4 is 10.6 Å². The van der Waals surface area contributed by atoms with Gasteiger partial charge in [-0.1, -0.05) is 72.8 Å². The molecule has 0 heterocycles. The molecule has 0 atom stereocenters. The van der Waals surface area contributed by atoms with Crippen molar-refractivity contribution in [3.63, 3.8) is 0 Å². The molecule has 0 saturated heterocycles. The van der Waals surface area contributed by atoms with Crippen molar-refractivity contribution in [2.75, 3.05) is 18.5 Å². The Morgan fingerprint density at radius 2 is 1.51 bits per heavy atom. The number of para-hydroxylation sites is 1. The monoisotopic (exact) mass is 470 g/mol. The van der Waals surface area contributed by atoms with Gasteiger partial charge in [0.25, 0.3) is 5.91 Å². The summed E-state index contributed by atoms with van der Waals surface area (Å²) in [6.45, 7) is 1.95. The third-order valence-electron chi connectivity index (χ3n) is 5.96. The zero-order valence-corrected chi connectivity index (χ0v) is 19.3. The number of carbonyl (C=O) groups excluding carboxylic acids is 2. The summed E-state index contributed by atoms with van der Waals surface area (Å²) in [6, 6.07) is 23.0. The van der Waals surface area contributed by atoms with Gasteiger partial charge in [0.05, 0.1) is 6.42 Å². The number of alkyl carbamates (subject to hydrolysis) is 1. The SMILES string of the molecule is C/C(=C\CNC(=O)OCC1c2ccccc2-c2ccccc21)C(=O)Nc1ccccc1CC(=O)O. The van der Waals surface area contributed by atoms with Crippen molar-refractivity contribution in [3.8, 4) is 11.1 Å². The summed E-state index contributed by atoms with van der Waals surface area (Å²) >= 11 is 0. The number of carbonyl (C=O) groups is 3. The highest BCUT2D eigenvalue weighted by atomic mass is 16.5. The van der Waals surface area contributed by atoms with E-state index >= 15 is 0 Å². The Hall–Kier alpha value is -4.39. The Balaban J connectivity index is 1.30. The Morgan fingerprint density at radius 3 is 2.17 bits per heavy atom. The number of anilines is 1. The highest BCUT2D eigenvalue weighted by Crippen LogP contribution is 2.44. The number of nitrogens with one attached hydrogen (secondary N) is 2. The Bertz CT molecular complexity index is 1250. The molecule has 3 aromatic carbocycles. The van der Waals surface area contributed by atoms with Crippen LogP contribution in [0, 0.1) is 0 Å². The van der Waals surface area contributed by atoms with Gasteiger partial charge in [0, 0.05) is 23.7 Å². The number of benzene rings is 3. The van der Waals surface area contributed by atoms with Crippen LogP contribution in [0.5, 0.6) is 0 Å². The van der Waals surface area contributed by atoms with E-state index in [1.807, 2.05) is 24.3 Å². The Kier molecular flexibility index (Phi) is 7.26. The van der Waals surface area contributed by atoms with E-state index in [2.05, 4.69) is 34.9 Å². The number of carboxylic acid groups (broad SMARTS) is 1. The molecule has 0 bridgehead atoms. The molecule has 0 spiro atoms. The van der Waals surface area contributed by atoms with Gasteiger partial charge in [-0.3, -0.25) is 9.59 Å². The van der Waals surface area contributed by atoms with E-state index in [1.54, 1.807) is 37.3 Å². The van der Waals surface area contributed by atoms with Gasteiger partial charge in [-0.2, -0.15) is 0 Å². The van der Waals surface area contributed by atoms with E-state index in [4.69, 9.17) is 9.84 Å². The minimum absolute atomic E-state index is 0.0259. The lowest BCUT2D eigenvalue weighted by molar-refractivity contribution is -0.136. The van der Waals surface area contributed by atoms with Crippen molar-refractivity contribution in [2.45, 2.75) is 19.3 Å². The zero-order valence-electron chi connectivity index (χ0n) is 19.3. The van der Waals surface area contributed by atoms with E-state index < -0.39 is 12.1 Å². The molecule has 3 N–H and O–H groups in total. The lowest BCUT2D eigenvalue weighted by atomic mass is 9.98. The summed E-state index contributed by atoms with van der Waals surface area (Å²) in [4.78, 5) is 35.8. The number of ether oxygens (including phenoxy) is 1. The molecule has 1 aliphatic carbocycles. The van der Waals surface area contributed by atoms with Crippen molar-refractivity contribution in [3.05, 3.63) is 101 Å². The predicted octanol–water partition coefficient (Wildman–Crippen LogP) is 4.74. The van der Waals surface area contributed by atoms with E-state index in [9.17, 15) is 14.4 Å². The van der Waals surface area contributed by atoms with Crippen LogP contribution in [-0.4, -0.2) is 36.2 Å². The second kappa shape index (κ2) is 10.7. The number of hydrogen-bond acceptors (Lipinski definition) is 4.